The molecule has 1 aromatic heterocycles. The number of aromatic nitrogens is 2. The minimum absolute atomic E-state index is 0.0326. The van der Waals surface area contributed by atoms with Gasteiger partial charge >= 0.3 is 0 Å². The Balaban J connectivity index is 1.69. The third-order valence-electron chi connectivity index (χ3n) is 4.79. The SMILES string of the molecule is O=C(Cc1c(F)c(F)c(F)c(F)c1F)Nc1ncc(-c2ccccc2)nc1-c1ccccc1. The Morgan fingerprint density at radius 2 is 1.24 bits per heavy atom. The minimum atomic E-state index is -2.29. The molecule has 0 aliphatic heterocycles. The van der Waals surface area contributed by atoms with E-state index in [0.29, 0.717) is 11.3 Å². The highest BCUT2D eigenvalue weighted by atomic mass is 19.2. The van der Waals surface area contributed by atoms with Gasteiger partial charge in [-0.05, 0) is 0 Å². The molecule has 0 aliphatic rings. The lowest BCUT2D eigenvalue weighted by molar-refractivity contribution is -0.115. The van der Waals surface area contributed by atoms with Crippen molar-refractivity contribution in [1.82, 2.24) is 9.97 Å². The smallest absolute Gasteiger partial charge is 0.230 e. The number of rotatable bonds is 5. The Morgan fingerprint density at radius 1 is 0.727 bits per heavy atom. The average Bonchev–Trinajstić information content (AvgIpc) is 2.85. The molecule has 3 aromatic carbocycles. The molecule has 0 spiro atoms. The molecule has 0 saturated heterocycles. The summed E-state index contributed by atoms with van der Waals surface area (Å²) in [5, 5.41) is 2.36. The quantitative estimate of drug-likeness (QED) is 0.239. The van der Waals surface area contributed by atoms with Crippen LogP contribution in [0.25, 0.3) is 22.5 Å². The second-order valence-electron chi connectivity index (χ2n) is 6.96. The van der Waals surface area contributed by atoms with Crippen molar-refractivity contribution in [2.24, 2.45) is 0 Å². The summed E-state index contributed by atoms with van der Waals surface area (Å²) in [6.07, 6.45) is 0.303. The lowest BCUT2D eigenvalue weighted by Gasteiger charge is -2.12. The van der Waals surface area contributed by atoms with Crippen molar-refractivity contribution in [2.45, 2.75) is 6.42 Å². The number of anilines is 1. The fourth-order valence-electron chi connectivity index (χ4n) is 3.17. The van der Waals surface area contributed by atoms with Gasteiger partial charge in [-0.2, -0.15) is 0 Å². The van der Waals surface area contributed by atoms with Gasteiger partial charge in [0.15, 0.2) is 29.1 Å². The largest absolute Gasteiger partial charge is 0.309 e. The van der Waals surface area contributed by atoms with E-state index < -0.39 is 47.0 Å². The number of benzene rings is 3. The molecule has 4 rings (SSSR count). The Morgan fingerprint density at radius 3 is 1.82 bits per heavy atom. The number of amides is 1. The second kappa shape index (κ2) is 9.15. The van der Waals surface area contributed by atoms with Crippen LogP contribution in [0.4, 0.5) is 27.8 Å². The normalized spacial score (nSPS) is 10.8. The third-order valence-corrected chi connectivity index (χ3v) is 4.79. The van der Waals surface area contributed by atoms with Gasteiger partial charge in [0.2, 0.25) is 11.7 Å². The lowest BCUT2D eigenvalue weighted by Crippen LogP contribution is -2.19. The van der Waals surface area contributed by atoms with Gasteiger partial charge in [-0.15, -0.1) is 0 Å². The van der Waals surface area contributed by atoms with E-state index in [1.54, 1.807) is 30.3 Å². The molecule has 1 heterocycles. The molecule has 0 saturated carbocycles. The number of hydrogen-bond acceptors (Lipinski definition) is 3. The molecular formula is C24H14F5N3O. The highest BCUT2D eigenvalue weighted by Gasteiger charge is 2.27. The van der Waals surface area contributed by atoms with Gasteiger partial charge in [-0.3, -0.25) is 4.79 Å². The van der Waals surface area contributed by atoms with E-state index in [0.717, 1.165) is 5.56 Å². The lowest BCUT2D eigenvalue weighted by atomic mass is 10.1. The molecule has 0 fully saturated rings. The van der Waals surface area contributed by atoms with Crippen LogP contribution in [0.3, 0.4) is 0 Å². The summed E-state index contributed by atoms with van der Waals surface area (Å²) in [4.78, 5) is 21.3. The van der Waals surface area contributed by atoms with Gasteiger partial charge < -0.3 is 5.32 Å². The van der Waals surface area contributed by atoms with E-state index in [2.05, 4.69) is 15.3 Å². The van der Waals surface area contributed by atoms with E-state index in [9.17, 15) is 26.7 Å². The van der Waals surface area contributed by atoms with E-state index in [1.807, 2.05) is 30.3 Å². The number of nitrogens with zero attached hydrogens (tertiary/aromatic N) is 2. The molecule has 33 heavy (non-hydrogen) atoms. The summed E-state index contributed by atoms with van der Waals surface area (Å²) in [7, 11) is 0. The first-order chi connectivity index (χ1) is 15.9. The number of halogens is 5. The molecular weight excluding hydrogens is 441 g/mol. The first-order valence-electron chi connectivity index (χ1n) is 9.65. The zero-order chi connectivity index (χ0) is 23.5. The molecule has 9 heteroatoms. The van der Waals surface area contributed by atoms with Crippen molar-refractivity contribution < 1.29 is 26.7 Å². The summed E-state index contributed by atoms with van der Waals surface area (Å²) in [5.74, 6) is -11.7. The maximum atomic E-state index is 14.0. The average molecular weight is 455 g/mol. The Labute approximate surface area is 184 Å². The van der Waals surface area contributed by atoms with Crippen LogP contribution in [0.2, 0.25) is 0 Å². The minimum Gasteiger partial charge on any atom is -0.309 e. The van der Waals surface area contributed by atoms with Crippen LogP contribution in [0, 0.1) is 29.1 Å². The highest BCUT2D eigenvalue weighted by Crippen LogP contribution is 2.28. The molecule has 0 bridgehead atoms. The molecule has 0 unspecified atom stereocenters. The third kappa shape index (κ3) is 4.43. The number of nitrogens with one attached hydrogen (secondary N) is 1. The van der Waals surface area contributed by atoms with Gasteiger partial charge in [-0.1, -0.05) is 60.7 Å². The van der Waals surface area contributed by atoms with Crippen LogP contribution < -0.4 is 5.32 Å². The zero-order valence-electron chi connectivity index (χ0n) is 16.8. The van der Waals surface area contributed by atoms with Crippen molar-refractivity contribution in [3.05, 3.63) is 102 Å². The Kier molecular flexibility index (Phi) is 6.12. The van der Waals surface area contributed by atoms with Crippen LogP contribution in [0.1, 0.15) is 5.56 Å². The van der Waals surface area contributed by atoms with Crippen molar-refractivity contribution in [3.8, 4) is 22.5 Å². The summed E-state index contributed by atoms with van der Waals surface area (Å²) >= 11 is 0. The van der Waals surface area contributed by atoms with Gasteiger partial charge in [0.25, 0.3) is 0 Å². The monoisotopic (exact) mass is 455 g/mol. The number of carbonyl (C=O) groups is 1. The van der Waals surface area contributed by atoms with Crippen LogP contribution >= 0.6 is 0 Å². The second-order valence-corrected chi connectivity index (χ2v) is 6.96. The summed E-state index contributed by atoms with van der Waals surface area (Å²) in [6.45, 7) is 0. The summed E-state index contributed by atoms with van der Waals surface area (Å²) in [5.41, 5.74) is 0.893. The van der Waals surface area contributed by atoms with E-state index in [1.165, 1.54) is 6.20 Å². The number of carbonyl (C=O) groups excluding carboxylic acids is 1. The highest BCUT2D eigenvalue weighted by molar-refractivity contribution is 5.94. The molecule has 166 valence electrons. The van der Waals surface area contributed by atoms with Gasteiger partial charge in [-0.25, -0.2) is 31.9 Å². The first-order valence-corrected chi connectivity index (χ1v) is 9.65. The van der Waals surface area contributed by atoms with E-state index >= 15 is 0 Å². The topological polar surface area (TPSA) is 54.9 Å². The molecule has 0 radical (unpaired) electrons. The predicted molar refractivity (Wildman–Crippen MR) is 111 cm³/mol. The van der Waals surface area contributed by atoms with E-state index in [-0.39, 0.29) is 11.5 Å². The van der Waals surface area contributed by atoms with Gasteiger partial charge in [0.1, 0.15) is 5.69 Å². The molecule has 0 atom stereocenters. The van der Waals surface area contributed by atoms with Crippen molar-refractivity contribution in [1.29, 1.82) is 0 Å². The Bertz CT molecular complexity index is 1300. The first kappa shape index (κ1) is 22.1. The van der Waals surface area contributed by atoms with Crippen LogP contribution in [-0.2, 0) is 11.2 Å². The molecule has 0 aliphatic carbocycles. The molecule has 4 nitrogen and oxygen atoms in total. The van der Waals surface area contributed by atoms with Crippen molar-refractivity contribution in [2.75, 3.05) is 5.32 Å². The number of hydrogen-bond donors (Lipinski definition) is 1. The van der Waals surface area contributed by atoms with Crippen LogP contribution in [-0.4, -0.2) is 15.9 Å². The fraction of sp³-hybridized carbons (Fsp3) is 0.0417. The van der Waals surface area contributed by atoms with Crippen LogP contribution in [0.5, 0.6) is 0 Å². The summed E-state index contributed by atoms with van der Waals surface area (Å²) < 4.78 is 68.1. The fourth-order valence-corrected chi connectivity index (χ4v) is 3.17. The Hall–Kier alpha value is -4.14. The predicted octanol–water partition coefficient (Wildman–Crippen LogP) is 5.69. The molecule has 1 amide bonds. The van der Waals surface area contributed by atoms with Gasteiger partial charge in [0.05, 0.1) is 18.3 Å². The van der Waals surface area contributed by atoms with Gasteiger partial charge in [0, 0.05) is 16.7 Å². The molecule has 1 N–H and O–H groups in total. The van der Waals surface area contributed by atoms with E-state index in [4.69, 9.17) is 0 Å². The summed E-state index contributed by atoms with van der Waals surface area (Å²) in [6, 6.07) is 17.8. The standard InChI is InChI=1S/C24H14F5N3O/c25-18-15(19(26)21(28)22(29)20(18)27)11-17(33)32-24-23(14-9-5-2-6-10-14)31-16(12-30-24)13-7-3-1-4-8-13/h1-10,12H,11H2,(H,30,32,33). The maximum absolute atomic E-state index is 14.0. The van der Waals surface area contributed by atoms with Crippen molar-refractivity contribution in [3.63, 3.8) is 0 Å². The van der Waals surface area contributed by atoms with Crippen LogP contribution in [0.15, 0.2) is 66.9 Å². The maximum Gasteiger partial charge on any atom is 0.230 e. The van der Waals surface area contributed by atoms with Crippen molar-refractivity contribution >= 4 is 11.7 Å². The zero-order valence-corrected chi connectivity index (χ0v) is 16.8. The molecule has 4 aromatic rings.